The first kappa shape index (κ1) is 16.1. The summed E-state index contributed by atoms with van der Waals surface area (Å²) >= 11 is 0. The summed E-state index contributed by atoms with van der Waals surface area (Å²) in [7, 11) is -0.833. The molecule has 4 heteroatoms. The predicted molar refractivity (Wildman–Crippen MR) is 30.1 cm³/mol. The Morgan fingerprint density at radius 3 is 1.38 bits per heavy atom. The Hall–Kier alpha value is 1.25. The minimum absolute atomic E-state index is 0. The van der Waals surface area contributed by atoms with Gasteiger partial charge in [-0.3, -0.25) is 0 Å². The van der Waals surface area contributed by atoms with Crippen molar-refractivity contribution in [3.05, 3.63) is 5.92 Å². The van der Waals surface area contributed by atoms with Crippen LogP contribution in [-0.2, 0) is 4.57 Å². The predicted octanol–water partition coefficient (Wildman–Crippen LogP) is 1.81. The van der Waals surface area contributed by atoms with Gasteiger partial charge in [-0.15, -0.1) is 0 Å². The molecule has 1 N–H and O–H groups in total. The van der Waals surface area contributed by atoms with Crippen LogP contribution < -0.4 is 0 Å². The van der Waals surface area contributed by atoms with Gasteiger partial charge in [0.2, 0.25) is 0 Å². The van der Waals surface area contributed by atoms with Crippen LogP contribution >= 0.6 is 8.69 Å². The third kappa shape index (κ3) is 180. The standard InChI is InChI=1S/C4H9.La.HO2P/c1-4(2)3;;1-3-2/h1-3H3;;(H,1,2)/q-1;;. The van der Waals surface area contributed by atoms with Crippen molar-refractivity contribution in [1.82, 2.24) is 0 Å². The molecule has 0 bridgehead atoms. The molecular weight excluding hydrogens is 250 g/mol. The molecule has 47 valence electrons. The first-order chi connectivity index (χ1) is 3.15. The van der Waals surface area contributed by atoms with Crippen molar-refractivity contribution in [3.8, 4) is 0 Å². The van der Waals surface area contributed by atoms with Crippen LogP contribution in [0.2, 0.25) is 0 Å². The van der Waals surface area contributed by atoms with E-state index in [4.69, 9.17) is 9.46 Å². The number of hydrogen-bond acceptors (Lipinski definition) is 1. The van der Waals surface area contributed by atoms with Crippen molar-refractivity contribution in [1.29, 1.82) is 0 Å². The molecule has 0 aromatic rings. The molecule has 0 aliphatic carbocycles. The maximum atomic E-state index is 8.46. The molecule has 0 rings (SSSR count). The fourth-order valence-electron chi connectivity index (χ4n) is 0. The van der Waals surface area contributed by atoms with E-state index in [1.54, 1.807) is 0 Å². The van der Waals surface area contributed by atoms with Gasteiger partial charge in [-0.2, -0.15) is 20.8 Å². The third-order valence-electron chi connectivity index (χ3n) is 0. The van der Waals surface area contributed by atoms with Crippen LogP contribution in [0.5, 0.6) is 0 Å². The molecule has 0 spiro atoms. The van der Waals surface area contributed by atoms with E-state index in [0.717, 1.165) is 0 Å². The van der Waals surface area contributed by atoms with E-state index in [-0.39, 0.29) is 35.6 Å². The van der Waals surface area contributed by atoms with Crippen LogP contribution in [-0.4, -0.2) is 4.89 Å². The molecule has 0 saturated heterocycles. The van der Waals surface area contributed by atoms with Crippen LogP contribution in [0.3, 0.4) is 0 Å². The van der Waals surface area contributed by atoms with E-state index in [1.165, 1.54) is 5.92 Å². The summed E-state index contributed by atoms with van der Waals surface area (Å²) < 4.78 is 8.46. The number of rotatable bonds is 0. The fourth-order valence-corrected chi connectivity index (χ4v) is 0. The average Bonchev–Trinajstić information content (AvgIpc) is 1.33. The first-order valence-electron chi connectivity index (χ1n) is 1.88. The summed E-state index contributed by atoms with van der Waals surface area (Å²) in [4.78, 5) is 6.99. The first-order valence-corrected chi connectivity index (χ1v) is 2.65. The molecule has 8 heavy (non-hydrogen) atoms. The van der Waals surface area contributed by atoms with Crippen LogP contribution in [0.1, 0.15) is 20.8 Å². The zero-order valence-electron chi connectivity index (χ0n) is 5.38. The maximum absolute atomic E-state index is 8.46. The van der Waals surface area contributed by atoms with E-state index in [2.05, 4.69) is 20.8 Å². The van der Waals surface area contributed by atoms with Gasteiger partial charge in [-0.1, -0.05) is 0 Å². The van der Waals surface area contributed by atoms with Crippen molar-refractivity contribution in [2.75, 3.05) is 0 Å². The second-order valence-corrected chi connectivity index (χ2v) is 1.74. The van der Waals surface area contributed by atoms with Crippen molar-refractivity contribution >= 4 is 8.69 Å². The molecule has 0 atom stereocenters. The minimum atomic E-state index is -0.833. The van der Waals surface area contributed by atoms with Gasteiger partial charge < -0.3 is 10.8 Å². The fraction of sp³-hybridized carbons (Fsp3) is 0.750. The van der Waals surface area contributed by atoms with E-state index in [0.29, 0.717) is 0 Å². The van der Waals surface area contributed by atoms with Crippen molar-refractivity contribution in [2.24, 2.45) is 0 Å². The van der Waals surface area contributed by atoms with Gasteiger partial charge in [-0.25, -0.2) is 4.57 Å². The zero-order valence-corrected chi connectivity index (χ0v) is 9.90. The van der Waals surface area contributed by atoms with E-state index in [1.807, 2.05) is 0 Å². The molecule has 0 heterocycles. The van der Waals surface area contributed by atoms with Crippen LogP contribution in [0, 0.1) is 41.5 Å². The smallest absolute Gasteiger partial charge is 0.323 e. The largest absolute Gasteiger partial charge is 0.324 e. The van der Waals surface area contributed by atoms with Gasteiger partial charge in [0, 0.05) is 35.6 Å². The monoisotopic (exact) mass is 260 g/mol. The molecule has 0 unspecified atom stereocenters. The molecule has 1 radical (unpaired) electrons. The molecule has 0 fully saturated rings. The topological polar surface area (TPSA) is 37.3 Å². The SMILES string of the molecule is C[C-](C)C.O=PO.[La]. The summed E-state index contributed by atoms with van der Waals surface area (Å²) in [6.07, 6.45) is 0. The zero-order chi connectivity index (χ0) is 6.28. The van der Waals surface area contributed by atoms with Gasteiger partial charge in [0.25, 0.3) is 0 Å². The summed E-state index contributed by atoms with van der Waals surface area (Å²) in [5.41, 5.74) is 0. The maximum Gasteiger partial charge on any atom is 0.324 e. The van der Waals surface area contributed by atoms with E-state index >= 15 is 0 Å². The Labute approximate surface area is 79.9 Å². The van der Waals surface area contributed by atoms with Crippen molar-refractivity contribution in [3.63, 3.8) is 0 Å². The van der Waals surface area contributed by atoms with E-state index in [9.17, 15) is 0 Å². The van der Waals surface area contributed by atoms with Gasteiger partial charge >= 0.3 is 8.69 Å². The second kappa shape index (κ2) is 15.7. The Bertz CT molecular complexity index is 38.3. The van der Waals surface area contributed by atoms with Gasteiger partial charge in [0.05, 0.1) is 0 Å². The Morgan fingerprint density at radius 2 is 1.38 bits per heavy atom. The molecule has 0 amide bonds. The molecule has 0 aliphatic rings. The van der Waals surface area contributed by atoms with Gasteiger partial charge in [0.15, 0.2) is 0 Å². The summed E-state index contributed by atoms with van der Waals surface area (Å²) in [5, 5.41) is 0. The van der Waals surface area contributed by atoms with Crippen molar-refractivity contribution in [2.45, 2.75) is 20.8 Å². The summed E-state index contributed by atoms with van der Waals surface area (Å²) in [6.45, 7) is 6.25. The average molecular weight is 260 g/mol. The van der Waals surface area contributed by atoms with Crippen LogP contribution in [0.25, 0.3) is 0 Å². The second-order valence-electron chi connectivity index (χ2n) is 1.58. The molecule has 0 aromatic heterocycles. The molecule has 2 nitrogen and oxygen atoms in total. The van der Waals surface area contributed by atoms with Crippen LogP contribution in [0.4, 0.5) is 0 Å². The Balaban J connectivity index is -0.0000000575. The van der Waals surface area contributed by atoms with E-state index < -0.39 is 8.69 Å². The molecule has 0 aliphatic heterocycles. The quantitative estimate of drug-likeness (QED) is 0.532. The van der Waals surface area contributed by atoms with Gasteiger partial charge in [-0.05, 0) is 0 Å². The minimum Gasteiger partial charge on any atom is -0.323 e. The van der Waals surface area contributed by atoms with Gasteiger partial charge in [0.1, 0.15) is 0 Å². The summed E-state index contributed by atoms with van der Waals surface area (Å²) in [6, 6.07) is 0. The Morgan fingerprint density at radius 1 is 1.38 bits per heavy atom. The normalized spacial score (nSPS) is 7.12. The Kier molecular flexibility index (Phi) is 31.7. The molecule has 0 saturated carbocycles. The van der Waals surface area contributed by atoms with Crippen molar-refractivity contribution < 1.29 is 45.1 Å². The molecular formula is C4H10LaO2P-. The third-order valence-corrected chi connectivity index (χ3v) is 0. The van der Waals surface area contributed by atoms with Crippen LogP contribution in [0.15, 0.2) is 0 Å². The number of hydrogen-bond donors (Lipinski definition) is 1. The summed E-state index contributed by atoms with van der Waals surface area (Å²) in [5.74, 6) is 1.42. The molecule has 0 aromatic carbocycles.